The third-order valence-electron chi connectivity index (χ3n) is 5.90. The molecule has 0 bridgehead atoms. The summed E-state index contributed by atoms with van der Waals surface area (Å²) < 4.78 is 7.24. The molecule has 6 heteroatoms. The number of carboxylic acids is 1. The van der Waals surface area contributed by atoms with Gasteiger partial charge >= 0.3 is 29.6 Å². The van der Waals surface area contributed by atoms with Gasteiger partial charge in [0.25, 0.3) is 0 Å². The third kappa shape index (κ3) is 4.49. The van der Waals surface area contributed by atoms with E-state index in [2.05, 4.69) is 18.2 Å². The van der Waals surface area contributed by atoms with Crippen molar-refractivity contribution in [2.24, 2.45) is 0 Å². The summed E-state index contributed by atoms with van der Waals surface area (Å²) in [6.07, 6.45) is 0. The molecule has 0 fully saturated rings. The molecule has 0 unspecified atom stereocenters. The van der Waals surface area contributed by atoms with Gasteiger partial charge in [-0.3, -0.25) is 0 Å². The van der Waals surface area contributed by atoms with Crippen LogP contribution in [0.4, 0.5) is 0 Å². The van der Waals surface area contributed by atoms with E-state index in [-0.39, 0.29) is 35.1 Å². The Morgan fingerprint density at radius 3 is 2.53 bits per heavy atom. The normalized spacial score (nSPS) is 10.9. The zero-order valence-corrected chi connectivity index (χ0v) is 22.5. The average molecular weight is 476 g/mol. The Balaban J connectivity index is 0.00000274. The minimum absolute atomic E-state index is 0. The smallest absolute Gasteiger partial charge is 0.545 e. The number of hydrogen-bond donors (Lipinski definition) is 0. The second-order valence-electron chi connectivity index (χ2n) is 8.28. The number of ether oxygens (including phenoxy) is 1. The SMILES string of the molecule is Cc1cccc(COc2ccc(C)c3nc(-c4sc5ccccc5c4C)cc(C(=O)[O-])c23)c1.[Na+]. The second-order valence-corrected chi connectivity index (χ2v) is 9.33. The number of aromatic carboxylic acids is 1. The summed E-state index contributed by atoms with van der Waals surface area (Å²) in [6, 6.07) is 21.6. The number of carboxylic acid groups (broad SMARTS) is 1. The van der Waals surface area contributed by atoms with Gasteiger partial charge in [-0.2, -0.15) is 0 Å². The molecule has 0 N–H and O–H groups in total. The number of rotatable bonds is 5. The molecule has 0 aliphatic carbocycles. The monoisotopic (exact) mass is 475 g/mol. The molecule has 0 spiro atoms. The molecule has 3 aromatic carbocycles. The Bertz CT molecular complexity index is 1540. The van der Waals surface area contributed by atoms with Crippen LogP contribution in [0, 0.1) is 20.8 Å². The molecule has 5 rings (SSSR count). The molecule has 0 aliphatic heterocycles. The average Bonchev–Trinajstić information content (AvgIpc) is 3.15. The van der Waals surface area contributed by atoms with Crippen molar-refractivity contribution < 1.29 is 44.2 Å². The van der Waals surface area contributed by atoms with Crippen LogP contribution < -0.4 is 39.4 Å². The van der Waals surface area contributed by atoms with E-state index in [4.69, 9.17) is 9.72 Å². The van der Waals surface area contributed by atoms with Gasteiger partial charge < -0.3 is 14.6 Å². The van der Waals surface area contributed by atoms with Crippen molar-refractivity contribution in [1.82, 2.24) is 4.98 Å². The molecule has 2 aromatic heterocycles. The fraction of sp³-hybridized carbons (Fsp3) is 0.143. The van der Waals surface area contributed by atoms with Crippen molar-refractivity contribution in [2.45, 2.75) is 27.4 Å². The summed E-state index contributed by atoms with van der Waals surface area (Å²) in [5.74, 6) is -0.753. The predicted molar refractivity (Wildman–Crippen MR) is 132 cm³/mol. The quantitative estimate of drug-likeness (QED) is 0.367. The molecule has 2 heterocycles. The van der Waals surface area contributed by atoms with Crippen LogP contribution in [-0.4, -0.2) is 11.0 Å². The maximum absolute atomic E-state index is 12.2. The fourth-order valence-electron chi connectivity index (χ4n) is 4.22. The summed E-state index contributed by atoms with van der Waals surface area (Å²) >= 11 is 1.62. The number of aryl methyl sites for hydroxylation is 3. The predicted octanol–water partition coefficient (Wildman–Crippen LogP) is 2.99. The van der Waals surface area contributed by atoms with Crippen LogP contribution >= 0.6 is 11.3 Å². The molecule has 164 valence electrons. The van der Waals surface area contributed by atoms with Crippen molar-refractivity contribution in [2.75, 3.05) is 0 Å². The van der Waals surface area contributed by atoms with Gasteiger partial charge in [0.1, 0.15) is 12.4 Å². The molecular formula is C28H22NNaO3S. The van der Waals surface area contributed by atoms with Crippen molar-refractivity contribution in [1.29, 1.82) is 0 Å². The van der Waals surface area contributed by atoms with Crippen LogP contribution in [0.15, 0.2) is 66.7 Å². The van der Waals surface area contributed by atoms with Crippen molar-refractivity contribution in [3.63, 3.8) is 0 Å². The largest absolute Gasteiger partial charge is 1.00 e. The Morgan fingerprint density at radius 1 is 1.00 bits per heavy atom. The number of hydrogen-bond acceptors (Lipinski definition) is 5. The molecule has 0 amide bonds. The van der Waals surface area contributed by atoms with Crippen molar-refractivity contribution in [3.8, 4) is 16.3 Å². The molecule has 0 atom stereocenters. The summed E-state index contributed by atoms with van der Waals surface area (Å²) in [6.45, 7) is 6.34. The van der Waals surface area contributed by atoms with Crippen LogP contribution in [0.3, 0.4) is 0 Å². The van der Waals surface area contributed by atoms with Crippen LogP contribution in [0.2, 0.25) is 0 Å². The topological polar surface area (TPSA) is 62.2 Å². The fourth-order valence-corrected chi connectivity index (χ4v) is 5.39. The Kier molecular flexibility index (Phi) is 7.10. The zero-order valence-electron chi connectivity index (χ0n) is 19.6. The van der Waals surface area contributed by atoms with Crippen LogP contribution in [0.1, 0.15) is 32.6 Å². The van der Waals surface area contributed by atoms with E-state index >= 15 is 0 Å². The number of thiophene rings is 1. The van der Waals surface area contributed by atoms with Gasteiger partial charge in [0.2, 0.25) is 0 Å². The first-order valence-corrected chi connectivity index (χ1v) is 11.6. The van der Waals surface area contributed by atoms with Gasteiger partial charge in [-0.15, -0.1) is 11.3 Å². The van der Waals surface area contributed by atoms with E-state index in [1.54, 1.807) is 17.4 Å². The van der Waals surface area contributed by atoms with E-state index in [0.29, 0.717) is 29.0 Å². The minimum atomic E-state index is -1.24. The first kappa shape index (κ1) is 24.4. The second kappa shape index (κ2) is 9.88. The summed E-state index contributed by atoms with van der Waals surface area (Å²) in [4.78, 5) is 18.1. The van der Waals surface area contributed by atoms with E-state index in [1.165, 1.54) is 0 Å². The number of carbonyl (C=O) groups excluding carboxylic acids is 1. The maximum Gasteiger partial charge on any atom is 1.00 e. The van der Waals surface area contributed by atoms with Crippen LogP contribution in [0.5, 0.6) is 5.75 Å². The molecule has 0 aliphatic rings. The van der Waals surface area contributed by atoms with Gasteiger partial charge in [0.15, 0.2) is 0 Å². The summed E-state index contributed by atoms with van der Waals surface area (Å²) in [5.41, 5.74) is 5.49. The summed E-state index contributed by atoms with van der Waals surface area (Å²) in [7, 11) is 0. The summed E-state index contributed by atoms with van der Waals surface area (Å²) in [5, 5.41) is 13.9. The molecule has 0 saturated heterocycles. The van der Waals surface area contributed by atoms with Gasteiger partial charge in [0, 0.05) is 10.3 Å². The van der Waals surface area contributed by atoms with E-state index < -0.39 is 5.97 Å². The minimum Gasteiger partial charge on any atom is -0.545 e. The van der Waals surface area contributed by atoms with Gasteiger partial charge in [0.05, 0.1) is 27.4 Å². The number of nitrogens with zero attached hydrogens (tertiary/aromatic N) is 1. The number of fused-ring (bicyclic) bond motifs is 2. The standard InChI is InChI=1S/C28H23NO3S.Na/c1-16-7-6-8-19(13-16)15-32-23-12-11-17(2)26-25(23)21(28(30)31)14-22(29-26)27-18(3)20-9-4-5-10-24(20)33-27;/h4-14H,15H2,1-3H3,(H,30,31);/q;+1/p-1. The van der Waals surface area contributed by atoms with E-state index in [0.717, 1.165) is 37.2 Å². The van der Waals surface area contributed by atoms with Crippen molar-refractivity contribution >= 4 is 38.3 Å². The third-order valence-corrected chi connectivity index (χ3v) is 7.19. The van der Waals surface area contributed by atoms with E-state index in [9.17, 15) is 9.90 Å². The molecule has 34 heavy (non-hydrogen) atoms. The van der Waals surface area contributed by atoms with Crippen molar-refractivity contribution in [3.05, 3.63) is 94.5 Å². The van der Waals surface area contributed by atoms with Crippen LogP contribution in [-0.2, 0) is 6.61 Å². The number of pyridine rings is 1. The first-order valence-electron chi connectivity index (χ1n) is 10.7. The Hall–Kier alpha value is -2.70. The van der Waals surface area contributed by atoms with E-state index in [1.807, 2.05) is 63.2 Å². The maximum atomic E-state index is 12.2. The number of benzene rings is 3. The molecule has 5 aromatic rings. The van der Waals surface area contributed by atoms with Gasteiger partial charge in [-0.25, -0.2) is 4.98 Å². The number of carbonyl (C=O) groups is 1. The molecular weight excluding hydrogens is 453 g/mol. The van der Waals surface area contributed by atoms with Crippen LogP contribution in [0.25, 0.3) is 31.6 Å². The molecule has 0 saturated carbocycles. The zero-order chi connectivity index (χ0) is 23.1. The Morgan fingerprint density at radius 2 is 1.79 bits per heavy atom. The molecule has 4 nitrogen and oxygen atoms in total. The number of aromatic nitrogens is 1. The van der Waals surface area contributed by atoms with Gasteiger partial charge in [-0.05, 0) is 61.0 Å². The Labute approximate surface area is 224 Å². The molecule has 0 radical (unpaired) electrons. The first-order chi connectivity index (χ1) is 15.9. The van der Waals surface area contributed by atoms with Gasteiger partial charge in [-0.1, -0.05) is 54.1 Å².